The van der Waals surface area contributed by atoms with E-state index in [0.717, 1.165) is 15.4 Å². The van der Waals surface area contributed by atoms with Crippen LogP contribution in [0.2, 0.25) is 0 Å². The quantitative estimate of drug-likeness (QED) is 0.947. The summed E-state index contributed by atoms with van der Waals surface area (Å²) in [4.78, 5) is 2.12. The van der Waals surface area contributed by atoms with E-state index in [1.807, 2.05) is 20.8 Å². The molecule has 0 aliphatic carbocycles. The van der Waals surface area contributed by atoms with Crippen molar-refractivity contribution in [1.29, 1.82) is 0 Å². The van der Waals surface area contributed by atoms with E-state index in [4.69, 9.17) is 0 Å². The first-order valence-corrected chi connectivity index (χ1v) is 8.12. The smallest absolute Gasteiger partial charge is 0.263 e. The predicted molar refractivity (Wildman–Crippen MR) is 77.3 cm³/mol. The Morgan fingerprint density at radius 1 is 1.26 bits per heavy atom. The average Bonchev–Trinajstić information content (AvgIpc) is 2.74. The van der Waals surface area contributed by atoms with Gasteiger partial charge in [-0.3, -0.25) is 9.40 Å². The first-order valence-electron chi connectivity index (χ1n) is 5.82. The lowest BCUT2D eigenvalue weighted by molar-refractivity contribution is 0.601. The van der Waals surface area contributed by atoms with Crippen LogP contribution in [0.5, 0.6) is 0 Å². The van der Waals surface area contributed by atoms with Gasteiger partial charge in [-0.25, -0.2) is 8.42 Å². The van der Waals surface area contributed by atoms with Crippen molar-refractivity contribution in [1.82, 2.24) is 9.78 Å². The van der Waals surface area contributed by atoms with Crippen LogP contribution in [0.25, 0.3) is 0 Å². The second kappa shape index (κ2) is 4.64. The summed E-state index contributed by atoms with van der Waals surface area (Å²) < 4.78 is 29.1. The summed E-state index contributed by atoms with van der Waals surface area (Å²) in [7, 11) is -1.76. The van der Waals surface area contributed by atoms with Crippen LogP contribution in [0.3, 0.4) is 0 Å². The van der Waals surface area contributed by atoms with Crippen molar-refractivity contribution in [3.8, 4) is 0 Å². The average molecular weight is 299 g/mol. The third kappa shape index (κ3) is 2.52. The Bertz CT molecular complexity index is 726. The molecule has 2 heterocycles. The monoisotopic (exact) mass is 299 g/mol. The molecule has 5 nitrogen and oxygen atoms in total. The first kappa shape index (κ1) is 14.1. The van der Waals surface area contributed by atoms with Gasteiger partial charge in [0.2, 0.25) is 0 Å². The molecular formula is C12H17N3O2S2. The predicted octanol–water partition coefficient (Wildman–Crippen LogP) is 2.52. The Kier molecular flexibility index (Phi) is 3.44. The number of anilines is 1. The van der Waals surface area contributed by atoms with Crippen molar-refractivity contribution in [3.05, 3.63) is 27.2 Å². The molecule has 0 saturated carbocycles. The van der Waals surface area contributed by atoms with Crippen LogP contribution in [-0.4, -0.2) is 18.2 Å². The molecule has 0 spiro atoms. The summed E-state index contributed by atoms with van der Waals surface area (Å²) in [5, 5.41) is 4.21. The van der Waals surface area contributed by atoms with Gasteiger partial charge in [0.05, 0.1) is 17.1 Å². The second-order valence-electron chi connectivity index (χ2n) is 4.55. The number of hydrogen-bond acceptors (Lipinski definition) is 4. The van der Waals surface area contributed by atoms with Gasteiger partial charge in [0, 0.05) is 16.8 Å². The number of thiophene rings is 1. The summed E-state index contributed by atoms with van der Waals surface area (Å²) in [6.45, 7) is 7.34. The minimum absolute atomic E-state index is 0.345. The Labute approximate surface area is 117 Å². The number of aromatic nitrogens is 2. The fraction of sp³-hybridized carbons (Fsp3) is 0.417. The normalized spacial score (nSPS) is 11.8. The molecule has 104 valence electrons. The van der Waals surface area contributed by atoms with Crippen LogP contribution in [0.15, 0.2) is 11.0 Å². The highest BCUT2D eigenvalue weighted by Crippen LogP contribution is 2.28. The van der Waals surface area contributed by atoms with E-state index in [9.17, 15) is 8.42 Å². The third-order valence-electron chi connectivity index (χ3n) is 3.03. The molecule has 7 heteroatoms. The van der Waals surface area contributed by atoms with Gasteiger partial charge < -0.3 is 0 Å². The zero-order chi connectivity index (χ0) is 14.4. The summed E-state index contributed by atoms with van der Waals surface area (Å²) >= 11 is 1.48. The highest BCUT2D eigenvalue weighted by Gasteiger charge is 2.22. The zero-order valence-corrected chi connectivity index (χ0v) is 13.2. The van der Waals surface area contributed by atoms with Crippen molar-refractivity contribution in [2.45, 2.75) is 32.6 Å². The Morgan fingerprint density at radius 3 is 2.32 bits per heavy atom. The number of rotatable bonds is 3. The molecule has 0 aliphatic rings. The van der Waals surface area contributed by atoms with Crippen molar-refractivity contribution in [2.75, 3.05) is 4.72 Å². The molecule has 0 aromatic carbocycles. The second-order valence-corrected chi connectivity index (χ2v) is 7.66. The fourth-order valence-electron chi connectivity index (χ4n) is 1.98. The molecule has 0 atom stereocenters. The lowest BCUT2D eigenvalue weighted by Crippen LogP contribution is -2.14. The number of nitrogens with zero attached hydrogens (tertiary/aromatic N) is 2. The van der Waals surface area contributed by atoms with Gasteiger partial charge >= 0.3 is 0 Å². The molecular weight excluding hydrogens is 282 g/mol. The molecule has 0 radical (unpaired) electrons. The third-order valence-corrected chi connectivity index (χ3v) is 5.60. The van der Waals surface area contributed by atoms with Crippen molar-refractivity contribution in [3.63, 3.8) is 0 Å². The number of aryl methyl sites for hydroxylation is 4. The van der Waals surface area contributed by atoms with E-state index in [2.05, 4.69) is 9.82 Å². The number of sulfonamides is 1. The summed E-state index contributed by atoms with van der Waals surface area (Å²) in [5.74, 6) is 0. The van der Waals surface area contributed by atoms with Crippen molar-refractivity contribution >= 4 is 27.0 Å². The minimum atomic E-state index is -3.55. The van der Waals surface area contributed by atoms with Gasteiger partial charge in [0.15, 0.2) is 0 Å². The van der Waals surface area contributed by atoms with E-state index in [1.165, 1.54) is 11.3 Å². The summed E-state index contributed by atoms with van der Waals surface area (Å²) in [6, 6.07) is 1.70. The number of nitrogens with one attached hydrogen (secondary N) is 1. The molecule has 0 unspecified atom stereocenters. The molecule has 1 N–H and O–H groups in total. The largest absolute Gasteiger partial charge is 0.276 e. The van der Waals surface area contributed by atoms with E-state index < -0.39 is 10.0 Å². The SMILES string of the molecule is Cc1cc(S(=O)(=O)Nc2c(C)nn(C)c2C)c(C)s1. The number of hydrogen-bond donors (Lipinski definition) is 1. The maximum atomic E-state index is 12.4. The van der Waals surface area contributed by atoms with Crippen LogP contribution in [0, 0.1) is 27.7 Å². The van der Waals surface area contributed by atoms with Crippen LogP contribution in [-0.2, 0) is 17.1 Å². The van der Waals surface area contributed by atoms with Crippen molar-refractivity contribution in [2.24, 2.45) is 7.05 Å². The van der Waals surface area contributed by atoms with Gasteiger partial charge in [0.1, 0.15) is 4.90 Å². The van der Waals surface area contributed by atoms with E-state index in [0.29, 0.717) is 16.3 Å². The molecule has 0 saturated heterocycles. The standard InChI is InChI=1S/C12H17N3O2S2/c1-7-6-11(10(4)18-7)19(16,17)14-12-8(2)13-15(5)9(12)3/h6,14H,1-5H3. The lowest BCUT2D eigenvalue weighted by atomic mass is 10.3. The molecule has 2 rings (SSSR count). The van der Waals surface area contributed by atoms with Gasteiger partial charge in [-0.2, -0.15) is 5.10 Å². The molecule has 0 fully saturated rings. The molecule has 0 bridgehead atoms. The zero-order valence-electron chi connectivity index (χ0n) is 11.6. The summed E-state index contributed by atoms with van der Waals surface area (Å²) in [6.07, 6.45) is 0. The molecule has 19 heavy (non-hydrogen) atoms. The lowest BCUT2D eigenvalue weighted by Gasteiger charge is -2.07. The minimum Gasteiger partial charge on any atom is -0.276 e. The van der Waals surface area contributed by atoms with Gasteiger partial charge in [0.25, 0.3) is 10.0 Å². The highest BCUT2D eigenvalue weighted by atomic mass is 32.2. The maximum Gasteiger partial charge on any atom is 0.263 e. The van der Waals surface area contributed by atoms with E-state index >= 15 is 0 Å². The van der Waals surface area contributed by atoms with Crippen LogP contribution < -0.4 is 4.72 Å². The topological polar surface area (TPSA) is 64.0 Å². The van der Waals surface area contributed by atoms with E-state index in [1.54, 1.807) is 24.7 Å². The maximum absolute atomic E-state index is 12.4. The van der Waals surface area contributed by atoms with Gasteiger partial charge in [-0.1, -0.05) is 0 Å². The van der Waals surface area contributed by atoms with E-state index in [-0.39, 0.29) is 0 Å². The molecule has 0 aliphatic heterocycles. The van der Waals surface area contributed by atoms with Crippen LogP contribution in [0.4, 0.5) is 5.69 Å². The molecule has 2 aromatic rings. The summed E-state index contributed by atoms with van der Waals surface area (Å²) in [5.41, 5.74) is 2.03. The first-order chi connectivity index (χ1) is 8.72. The van der Waals surface area contributed by atoms with Gasteiger partial charge in [-0.15, -0.1) is 11.3 Å². The Morgan fingerprint density at radius 2 is 1.89 bits per heavy atom. The molecule has 2 aromatic heterocycles. The Balaban J connectivity index is 2.45. The van der Waals surface area contributed by atoms with Crippen molar-refractivity contribution < 1.29 is 8.42 Å². The Hall–Kier alpha value is -1.34. The molecule has 0 amide bonds. The fourth-order valence-corrected chi connectivity index (χ4v) is 4.72. The van der Waals surface area contributed by atoms with Gasteiger partial charge in [-0.05, 0) is 33.8 Å². The van der Waals surface area contributed by atoms with Crippen LogP contribution in [0.1, 0.15) is 21.1 Å². The van der Waals surface area contributed by atoms with Crippen LogP contribution >= 0.6 is 11.3 Å². The highest BCUT2D eigenvalue weighted by molar-refractivity contribution is 7.93.